The molecule has 5 heteroatoms. The van der Waals surface area contributed by atoms with E-state index in [4.69, 9.17) is 0 Å². The summed E-state index contributed by atoms with van der Waals surface area (Å²) in [5, 5.41) is -0.174. The highest BCUT2D eigenvalue weighted by Crippen LogP contribution is 2.36. The van der Waals surface area contributed by atoms with Gasteiger partial charge >= 0.3 is 0 Å². The number of thioether (sulfide) groups is 1. The number of hydrogen-bond acceptors (Lipinski definition) is 4. The van der Waals surface area contributed by atoms with Crippen LogP contribution in [-0.4, -0.2) is 22.7 Å². The first-order chi connectivity index (χ1) is 12.5. The fourth-order valence-electron chi connectivity index (χ4n) is 3.37. The summed E-state index contributed by atoms with van der Waals surface area (Å²) in [6, 6.07) is 10.8. The molecule has 0 spiro atoms. The summed E-state index contributed by atoms with van der Waals surface area (Å²) >= 11 is 1.15. The van der Waals surface area contributed by atoms with E-state index in [2.05, 4.69) is 0 Å². The normalized spacial score (nSPS) is 13.3. The minimum atomic E-state index is -0.402. The Morgan fingerprint density at radius 1 is 0.923 bits per heavy atom. The van der Waals surface area contributed by atoms with Gasteiger partial charge in [0.1, 0.15) is 0 Å². The van der Waals surface area contributed by atoms with Crippen molar-refractivity contribution in [3.8, 4) is 0 Å². The highest BCUT2D eigenvalue weighted by atomic mass is 32.2. The van der Waals surface area contributed by atoms with E-state index in [0.717, 1.165) is 22.9 Å². The summed E-state index contributed by atoms with van der Waals surface area (Å²) in [4.78, 5) is 40.0. The molecular formula is C21H21NO3S. The first-order valence-corrected chi connectivity index (χ1v) is 9.83. The number of carbonyl (C=O) groups is 3. The number of para-hydroxylation sites is 1. The van der Waals surface area contributed by atoms with Gasteiger partial charge in [0.2, 0.25) is 5.12 Å². The summed E-state index contributed by atoms with van der Waals surface area (Å²) in [7, 11) is 0. The van der Waals surface area contributed by atoms with E-state index < -0.39 is 5.91 Å². The van der Waals surface area contributed by atoms with Gasteiger partial charge in [0.05, 0.1) is 16.8 Å². The number of benzene rings is 2. The van der Waals surface area contributed by atoms with E-state index in [1.807, 2.05) is 39.0 Å². The van der Waals surface area contributed by atoms with Crippen LogP contribution in [0.4, 0.5) is 5.69 Å². The molecule has 3 rings (SSSR count). The topological polar surface area (TPSA) is 54.5 Å². The van der Waals surface area contributed by atoms with Crippen LogP contribution >= 0.6 is 11.8 Å². The van der Waals surface area contributed by atoms with Gasteiger partial charge in [-0.3, -0.25) is 14.4 Å². The van der Waals surface area contributed by atoms with Gasteiger partial charge in [0, 0.05) is 5.56 Å². The van der Waals surface area contributed by atoms with Crippen LogP contribution < -0.4 is 4.90 Å². The lowest BCUT2D eigenvalue weighted by molar-refractivity contribution is 0.0922. The number of aryl methyl sites for hydroxylation is 2. The predicted octanol–water partition coefficient (Wildman–Crippen LogP) is 4.51. The molecule has 0 aliphatic carbocycles. The lowest BCUT2D eigenvalue weighted by Crippen LogP contribution is -2.31. The summed E-state index contributed by atoms with van der Waals surface area (Å²) in [6.45, 7) is 5.89. The van der Waals surface area contributed by atoms with Crippen LogP contribution in [-0.2, 0) is 12.8 Å². The van der Waals surface area contributed by atoms with Crippen LogP contribution in [0.3, 0.4) is 0 Å². The molecule has 134 valence electrons. The van der Waals surface area contributed by atoms with Crippen molar-refractivity contribution < 1.29 is 14.4 Å². The molecule has 4 nitrogen and oxygen atoms in total. The smallest absolute Gasteiger partial charge is 0.266 e. The van der Waals surface area contributed by atoms with Crippen LogP contribution in [0, 0.1) is 0 Å². The van der Waals surface area contributed by atoms with Gasteiger partial charge in [-0.25, -0.2) is 4.90 Å². The average Bonchev–Trinajstić information content (AvgIpc) is 2.91. The zero-order valence-corrected chi connectivity index (χ0v) is 16.0. The van der Waals surface area contributed by atoms with Gasteiger partial charge < -0.3 is 0 Å². The average molecular weight is 367 g/mol. The van der Waals surface area contributed by atoms with Crippen LogP contribution in [0.25, 0.3) is 0 Å². The van der Waals surface area contributed by atoms with E-state index in [1.165, 1.54) is 4.90 Å². The van der Waals surface area contributed by atoms with Gasteiger partial charge in [-0.15, -0.1) is 0 Å². The van der Waals surface area contributed by atoms with Gasteiger partial charge in [0.15, 0.2) is 0 Å². The second-order valence-electron chi connectivity index (χ2n) is 6.03. The minimum absolute atomic E-state index is 0.174. The molecule has 1 heterocycles. The Kier molecular flexibility index (Phi) is 5.28. The number of anilines is 1. The van der Waals surface area contributed by atoms with Gasteiger partial charge in [0.25, 0.3) is 11.8 Å². The molecule has 0 N–H and O–H groups in total. The summed E-state index contributed by atoms with van der Waals surface area (Å²) in [5.41, 5.74) is 3.44. The Morgan fingerprint density at radius 3 is 2.12 bits per heavy atom. The number of amides is 2. The molecule has 1 aliphatic rings. The molecule has 0 aromatic heterocycles. The number of carbonyl (C=O) groups excluding carboxylic acids is 3. The third-order valence-electron chi connectivity index (χ3n) is 4.60. The predicted molar refractivity (Wildman–Crippen MR) is 105 cm³/mol. The molecule has 0 fully saturated rings. The summed E-state index contributed by atoms with van der Waals surface area (Å²) in [6.07, 6.45) is 1.43. The molecular weight excluding hydrogens is 346 g/mol. The molecule has 0 radical (unpaired) electrons. The second-order valence-corrected chi connectivity index (χ2v) is 7.26. The molecule has 26 heavy (non-hydrogen) atoms. The summed E-state index contributed by atoms with van der Waals surface area (Å²) < 4.78 is 0. The van der Waals surface area contributed by atoms with Crippen molar-refractivity contribution in [2.24, 2.45) is 0 Å². The molecule has 0 saturated carbocycles. The monoisotopic (exact) mass is 367 g/mol. The van der Waals surface area contributed by atoms with Crippen LogP contribution in [0.15, 0.2) is 36.4 Å². The lowest BCUT2D eigenvalue weighted by atomic mass is 10.0. The van der Waals surface area contributed by atoms with Crippen LogP contribution in [0.5, 0.6) is 0 Å². The molecule has 2 aromatic rings. The number of fused-ring (bicyclic) bond motifs is 1. The van der Waals surface area contributed by atoms with Crippen molar-refractivity contribution in [2.75, 3.05) is 10.7 Å². The van der Waals surface area contributed by atoms with E-state index in [0.29, 0.717) is 35.4 Å². The van der Waals surface area contributed by atoms with E-state index in [1.54, 1.807) is 18.2 Å². The Morgan fingerprint density at radius 2 is 1.54 bits per heavy atom. The summed E-state index contributed by atoms with van der Waals surface area (Å²) in [5.74, 6) is -0.134. The maximum atomic E-state index is 13.2. The molecule has 1 aliphatic heterocycles. The second kappa shape index (κ2) is 7.46. The number of nitrogens with zero attached hydrogens (tertiary/aromatic N) is 1. The lowest BCUT2D eigenvalue weighted by Gasteiger charge is -2.21. The van der Waals surface area contributed by atoms with Gasteiger partial charge in [-0.05, 0) is 41.9 Å². The third kappa shape index (κ3) is 2.86. The van der Waals surface area contributed by atoms with Crippen molar-refractivity contribution in [1.82, 2.24) is 0 Å². The molecule has 0 unspecified atom stereocenters. The largest absolute Gasteiger partial charge is 0.282 e. The van der Waals surface area contributed by atoms with Gasteiger partial charge in [-0.1, -0.05) is 56.8 Å². The van der Waals surface area contributed by atoms with Gasteiger partial charge in [-0.2, -0.15) is 0 Å². The van der Waals surface area contributed by atoms with Crippen LogP contribution in [0.1, 0.15) is 63.0 Å². The first-order valence-electron chi connectivity index (χ1n) is 8.84. The Balaban J connectivity index is 2.18. The van der Waals surface area contributed by atoms with E-state index in [9.17, 15) is 14.4 Å². The minimum Gasteiger partial charge on any atom is -0.282 e. The Hall–Kier alpha value is -2.40. The number of imide groups is 1. The molecule has 0 bridgehead atoms. The van der Waals surface area contributed by atoms with Crippen molar-refractivity contribution in [2.45, 2.75) is 33.6 Å². The highest BCUT2D eigenvalue weighted by Gasteiger charge is 2.40. The number of rotatable bonds is 5. The molecule has 0 atom stereocenters. The van der Waals surface area contributed by atoms with Crippen molar-refractivity contribution in [1.29, 1.82) is 0 Å². The Labute approximate surface area is 157 Å². The standard InChI is InChI=1S/C21H21NO3S/c1-4-13-9-7-10-14(5-2)18(13)22-19(23)15-11-8-12-16(17(15)20(22)24)21(25)26-6-3/h7-12H,4-6H2,1-3H3. The third-order valence-corrected chi connectivity index (χ3v) is 5.37. The maximum absolute atomic E-state index is 13.2. The fourth-order valence-corrected chi connectivity index (χ4v) is 3.96. The highest BCUT2D eigenvalue weighted by molar-refractivity contribution is 8.14. The Bertz CT molecular complexity index is 882. The van der Waals surface area contributed by atoms with Crippen molar-refractivity contribution in [3.63, 3.8) is 0 Å². The SMILES string of the molecule is CCSC(=O)c1cccc2c1C(=O)N(c1c(CC)cccc1CC)C2=O. The van der Waals surface area contributed by atoms with Crippen molar-refractivity contribution in [3.05, 3.63) is 64.2 Å². The molecule has 0 saturated heterocycles. The maximum Gasteiger partial charge on any atom is 0.266 e. The fraction of sp³-hybridized carbons (Fsp3) is 0.286. The number of hydrogen-bond donors (Lipinski definition) is 0. The van der Waals surface area contributed by atoms with Crippen molar-refractivity contribution >= 4 is 34.4 Å². The van der Waals surface area contributed by atoms with E-state index in [-0.39, 0.29) is 16.6 Å². The zero-order chi connectivity index (χ0) is 18.8. The van der Waals surface area contributed by atoms with E-state index >= 15 is 0 Å². The molecule has 2 amide bonds. The quantitative estimate of drug-likeness (QED) is 0.730. The molecule has 2 aromatic carbocycles. The van der Waals surface area contributed by atoms with Crippen LogP contribution in [0.2, 0.25) is 0 Å². The zero-order valence-electron chi connectivity index (χ0n) is 15.2. The first kappa shape index (κ1) is 18.4.